The number of amides is 1. The van der Waals surface area contributed by atoms with Crippen LogP contribution in [0.2, 0.25) is 0 Å². The average Bonchev–Trinajstić information content (AvgIpc) is 2.62. The van der Waals surface area contributed by atoms with Crippen LogP contribution in [0, 0.1) is 0 Å². The summed E-state index contributed by atoms with van der Waals surface area (Å²) in [6.07, 6.45) is -0.767. The molecule has 1 aromatic carbocycles. The van der Waals surface area contributed by atoms with E-state index in [1.165, 1.54) is 0 Å². The van der Waals surface area contributed by atoms with Crippen molar-refractivity contribution >= 4 is 22.8 Å². The maximum Gasteiger partial charge on any atom is 0.258 e. The molecule has 0 saturated heterocycles. The fraction of sp³-hybridized carbons (Fsp3) is 0.200. The maximum atomic E-state index is 10.9. The second kappa shape index (κ2) is 4.51. The van der Waals surface area contributed by atoms with Crippen LogP contribution in [-0.4, -0.2) is 22.4 Å². The molecule has 1 unspecified atom stereocenters. The molecule has 0 saturated carbocycles. The molecular weight excluding hydrogens is 228 g/mol. The van der Waals surface area contributed by atoms with Crippen LogP contribution in [-0.2, 0) is 11.3 Å². The monoisotopic (exact) mass is 238 g/mol. The topological polar surface area (TPSA) is 70.7 Å². The van der Waals surface area contributed by atoms with E-state index < -0.39 is 12.1 Å². The summed E-state index contributed by atoms with van der Waals surface area (Å²) in [6, 6.07) is 9.72. The molecule has 1 aliphatic heterocycles. The van der Waals surface area contributed by atoms with Crippen LogP contribution in [0.1, 0.15) is 5.56 Å². The minimum Gasteiger partial charge on any atom is -0.367 e. The van der Waals surface area contributed by atoms with E-state index in [0.29, 0.717) is 6.54 Å². The normalized spacial score (nSPS) is 19.7. The third kappa shape index (κ3) is 2.32. The van der Waals surface area contributed by atoms with Crippen LogP contribution in [0.15, 0.2) is 35.3 Å². The fourth-order valence-corrected chi connectivity index (χ4v) is 1.62. The van der Waals surface area contributed by atoms with Gasteiger partial charge in [-0.15, -0.1) is 0 Å². The fourth-order valence-electron chi connectivity index (χ4n) is 1.41. The van der Waals surface area contributed by atoms with Crippen molar-refractivity contribution in [1.29, 1.82) is 0 Å². The summed E-state index contributed by atoms with van der Waals surface area (Å²) in [5, 5.41) is 1.83. The molecule has 2 rings (SSSR count). The van der Waals surface area contributed by atoms with Crippen molar-refractivity contribution in [2.75, 3.05) is 0 Å². The minimum absolute atomic E-state index is 0.243. The lowest BCUT2D eigenvalue weighted by atomic mass is 10.2. The van der Waals surface area contributed by atoms with E-state index in [1.807, 2.05) is 30.3 Å². The first-order valence-electron chi connectivity index (χ1n) is 4.77. The highest BCUT2D eigenvalue weighted by molar-refractivity contribution is 6.64. The van der Waals surface area contributed by atoms with Gasteiger partial charge in [0.1, 0.15) is 0 Å². The summed E-state index contributed by atoms with van der Waals surface area (Å²) >= 11 is 5.87. The number of hydrogen-bond acceptors (Lipinski definition) is 4. The van der Waals surface area contributed by atoms with Gasteiger partial charge in [0.25, 0.3) is 5.91 Å². The zero-order chi connectivity index (χ0) is 11.5. The smallest absolute Gasteiger partial charge is 0.258 e. The summed E-state index contributed by atoms with van der Waals surface area (Å²) < 4.78 is 0. The SMILES string of the molecule is NC(=O)C1N=C(Cl)N(Cc2ccccc2)N1. The first kappa shape index (κ1) is 10.9. The van der Waals surface area contributed by atoms with Crippen LogP contribution in [0.25, 0.3) is 0 Å². The van der Waals surface area contributed by atoms with E-state index in [4.69, 9.17) is 17.3 Å². The quantitative estimate of drug-likeness (QED) is 0.750. The van der Waals surface area contributed by atoms with E-state index in [9.17, 15) is 4.79 Å². The van der Waals surface area contributed by atoms with Gasteiger partial charge in [-0.1, -0.05) is 30.3 Å². The van der Waals surface area contributed by atoms with Crippen LogP contribution in [0.3, 0.4) is 0 Å². The average molecular weight is 239 g/mol. The molecule has 0 aromatic heterocycles. The first-order valence-corrected chi connectivity index (χ1v) is 5.15. The lowest BCUT2D eigenvalue weighted by molar-refractivity contribution is -0.120. The Kier molecular flexibility index (Phi) is 3.07. The van der Waals surface area contributed by atoms with Gasteiger partial charge in [-0.2, -0.15) is 5.43 Å². The highest BCUT2D eigenvalue weighted by Gasteiger charge is 2.26. The zero-order valence-corrected chi connectivity index (χ0v) is 9.19. The number of halogens is 1. The number of aliphatic imine (C=N–C) groups is 1. The van der Waals surface area contributed by atoms with Crippen molar-refractivity contribution in [1.82, 2.24) is 10.4 Å². The second-order valence-electron chi connectivity index (χ2n) is 3.40. The zero-order valence-electron chi connectivity index (χ0n) is 8.43. The van der Waals surface area contributed by atoms with Gasteiger partial charge in [0.05, 0.1) is 6.54 Å². The Bertz CT molecular complexity index is 420. The molecule has 6 heteroatoms. The molecule has 0 radical (unpaired) electrons. The Morgan fingerprint density at radius 2 is 2.19 bits per heavy atom. The number of carbonyl (C=O) groups excluding carboxylic acids is 1. The largest absolute Gasteiger partial charge is 0.367 e. The van der Waals surface area contributed by atoms with Crippen molar-refractivity contribution in [2.45, 2.75) is 12.7 Å². The first-order chi connectivity index (χ1) is 7.66. The lowest BCUT2D eigenvalue weighted by Crippen LogP contribution is -2.44. The number of amidine groups is 1. The van der Waals surface area contributed by atoms with E-state index >= 15 is 0 Å². The molecule has 1 atom stereocenters. The van der Waals surface area contributed by atoms with Gasteiger partial charge in [-0.05, 0) is 17.2 Å². The molecular formula is C10H11ClN4O. The molecule has 0 aliphatic carbocycles. The molecule has 84 valence electrons. The summed E-state index contributed by atoms with van der Waals surface area (Å²) in [4.78, 5) is 14.8. The number of primary amides is 1. The number of rotatable bonds is 3. The number of hydrogen-bond donors (Lipinski definition) is 2. The number of benzene rings is 1. The van der Waals surface area contributed by atoms with E-state index in [0.717, 1.165) is 5.56 Å². The maximum absolute atomic E-state index is 10.9. The molecule has 16 heavy (non-hydrogen) atoms. The van der Waals surface area contributed by atoms with Crippen molar-refractivity contribution in [3.63, 3.8) is 0 Å². The molecule has 1 heterocycles. The van der Waals surface area contributed by atoms with Gasteiger partial charge < -0.3 is 5.73 Å². The number of hydrazine groups is 1. The third-order valence-corrected chi connectivity index (χ3v) is 2.49. The highest BCUT2D eigenvalue weighted by Crippen LogP contribution is 2.11. The van der Waals surface area contributed by atoms with Gasteiger partial charge in [0.2, 0.25) is 5.29 Å². The van der Waals surface area contributed by atoms with Crippen molar-refractivity contribution in [2.24, 2.45) is 10.7 Å². The van der Waals surface area contributed by atoms with Crippen LogP contribution < -0.4 is 11.2 Å². The van der Waals surface area contributed by atoms with Gasteiger partial charge in [0.15, 0.2) is 6.17 Å². The molecule has 0 bridgehead atoms. The Morgan fingerprint density at radius 3 is 2.75 bits per heavy atom. The van der Waals surface area contributed by atoms with Gasteiger partial charge in [-0.25, -0.2) is 4.99 Å². The van der Waals surface area contributed by atoms with Crippen LogP contribution in [0.5, 0.6) is 0 Å². The minimum atomic E-state index is -0.767. The lowest BCUT2D eigenvalue weighted by Gasteiger charge is -2.18. The number of nitrogens with one attached hydrogen (secondary N) is 1. The van der Waals surface area contributed by atoms with Crippen LogP contribution >= 0.6 is 11.6 Å². The second-order valence-corrected chi connectivity index (χ2v) is 3.74. The Balaban J connectivity index is 2.04. The van der Waals surface area contributed by atoms with Crippen molar-refractivity contribution in [3.05, 3.63) is 35.9 Å². The van der Waals surface area contributed by atoms with E-state index in [-0.39, 0.29) is 5.29 Å². The Morgan fingerprint density at radius 1 is 1.50 bits per heavy atom. The Hall–Kier alpha value is -1.59. The molecule has 1 aromatic rings. The van der Waals surface area contributed by atoms with Crippen molar-refractivity contribution in [3.8, 4) is 0 Å². The van der Waals surface area contributed by atoms with Gasteiger partial charge >= 0.3 is 0 Å². The summed E-state index contributed by atoms with van der Waals surface area (Å²) in [7, 11) is 0. The standard InChI is InChI=1S/C10H11ClN4O/c11-10-13-9(8(12)16)14-15(10)6-7-4-2-1-3-5-7/h1-5,9,14H,6H2,(H2,12,16). The molecule has 1 amide bonds. The predicted molar refractivity (Wildman–Crippen MR) is 61.4 cm³/mol. The Labute approximate surface area is 97.9 Å². The molecule has 0 fully saturated rings. The third-order valence-electron chi connectivity index (χ3n) is 2.19. The van der Waals surface area contributed by atoms with E-state index in [1.54, 1.807) is 5.01 Å². The van der Waals surface area contributed by atoms with E-state index in [2.05, 4.69) is 10.4 Å². The molecule has 1 aliphatic rings. The van der Waals surface area contributed by atoms with Crippen LogP contribution in [0.4, 0.5) is 0 Å². The summed E-state index contributed by atoms with van der Waals surface area (Å²) in [6.45, 7) is 0.535. The number of nitrogens with two attached hydrogens (primary N) is 1. The molecule has 0 spiro atoms. The number of carbonyl (C=O) groups is 1. The summed E-state index contributed by atoms with van der Waals surface area (Å²) in [5.41, 5.74) is 9.00. The number of nitrogens with zero attached hydrogens (tertiary/aromatic N) is 2. The summed E-state index contributed by atoms with van der Waals surface area (Å²) in [5.74, 6) is -0.547. The molecule has 5 nitrogen and oxygen atoms in total. The highest BCUT2D eigenvalue weighted by atomic mass is 35.5. The predicted octanol–water partition coefficient (Wildman–Crippen LogP) is 0.413. The molecule has 3 N–H and O–H groups in total. The van der Waals surface area contributed by atoms with Gasteiger partial charge in [0, 0.05) is 0 Å². The van der Waals surface area contributed by atoms with Gasteiger partial charge in [-0.3, -0.25) is 9.80 Å². The van der Waals surface area contributed by atoms with Crippen molar-refractivity contribution < 1.29 is 4.79 Å².